The highest BCUT2D eigenvalue weighted by Crippen LogP contribution is 2.46. The Hall–Kier alpha value is -0.780. The maximum atomic E-state index is 2.34. The van der Waals surface area contributed by atoms with Gasteiger partial charge in [-0.25, -0.2) is 0 Å². The van der Waals surface area contributed by atoms with Crippen molar-refractivity contribution in [3.05, 3.63) is 35.4 Å². The van der Waals surface area contributed by atoms with Crippen LogP contribution in [0.2, 0.25) is 0 Å². The zero-order chi connectivity index (χ0) is 10.3. The van der Waals surface area contributed by atoms with Gasteiger partial charge in [-0.05, 0) is 34.8 Å². The number of rotatable bonds is 2. The normalized spacial score (nSPS) is 25.0. The Kier molecular flexibility index (Phi) is 2.38. The molecule has 0 N–H and O–H groups in total. The van der Waals surface area contributed by atoms with Gasteiger partial charge in [-0.1, -0.05) is 52.0 Å². The fourth-order valence-electron chi connectivity index (χ4n) is 2.95. The first-order valence-corrected chi connectivity index (χ1v) is 5.71. The Labute approximate surface area is 87.3 Å². The molecule has 2 atom stereocenters. The number of benzene rings is 1. The maximum absolute atomic E-state index is 2.34. The van der Waals surface area contributed by atoms with Gasteiger partial charge >= 0.3 is 0 Å². The summed E-state index contributed by atoms with van der Waals surface area (Å²) in [6.45, 7) is 9.37. The van der Waals surface area contributed by atoms with Gasteiger partial charge in [0.2, 0.25) is 0 Å². The van der Waals surface area contributed by atoms with E-state index in [-0.39, 0.29) is 0 Å². The second-order valence-corrected chi connectivity index (χ2v) is 5.21. The van der Waals surface area contributed by atoms with Crippen LogP contribution in [-0.2, 0) is 0 Å². The Morgan fingerprint density at radius 3 is 1.21 bits per heavy atom. The van der Waals surface area contributed by atoms with E-state index in [1.54, 1.807) is 0 Å². The third-order valence-corrected chi connectivity index (χ3v) is 3.53. The van der Waals surface area contributed by atoms with Gasteiger partial charge in [-0.3, -0.25) is 0 Å². The Bertz CT molecular complexity index is 272. The molecule has 0 spiro atoms. The standard InChI is InChI=1S/C14H20/c1-9(2)13-11-5-7-12(8-6-11)14(13)10(3)4/h5-10,13-14H,1-4H3. The zero-order valence-corrected chi connectivity index (χ0v) is 9.62. The van der Waals surface area contributed by atoms with Crippen LogP contribution in [0, 0.1) is 11.8 Å². The molecule has 14 heavy (non-hydrogen) atoms. The molecule has 0 amide bonds. The largest absolute Gasteiger partial charge is 0.0622 e. The van der Waals surface area contributed by atoms with Crippen molar-refractivity contribution < 1.29 is 0 Å². The first kappa shape index (κ1) is 9.76. The van der Waals surface area contributed by atoms with E-state index in [9.17, 15) is 0 Å². The van der Waals surface area contributed by atoms with Crippen LogP contribution >= 0.6 is 0 Å². The van der Waals surface area contributed by atoms with Crippen LogP contribution in [-0.4, -0.2) is 0 Å². The van der Waals surface area contributed by atoms with Crippen molar-refractivity contribution >= 4 is 0 Å². The van der Waals surface area contributed by atoms with E-state index in [1.807, 2.05) is 0 Å². The van der Waals surface area contributed by atoms with Gasteiger partial charge < -0.3 is 0 Å². The molecule has 3 rings (SSSR count). The molecule has 0 saturated carbocycles. The number of hydrogen-bond donors (Lipinski definition) is 0. The highest BCUT2D eigenvalue weighted by molar-refractivity contribution is 5.37. The minimum atomic E-state index is 0.750. The van der Waals surface area contributed by atoms with Crippen molar-refractivity contribution in [3.63, 3.8) is 0 Å². The molecule has 0 fully saturated rings. The first-order chi connectivity index (χ1) is 6.61. The van der Waals surface area contributed by atoms with Crippen molar-refractivity contribution in [2.24, 2.45) is 11.8 Å². The molecule has 0 heterocycles. The van der Waals surface area contributed by atoms with Crippen LogP contribution in [0.1, 0.15) is 50.7 Å². The van der Waals surface area contributed by atoms with Gasteiger partial charge in [0, 0.05) is 0 Å². The Morgan fingerprint density at radius 1 is 0.714 bits per heavy atom. The summed E-state index contributed by atoms with van der Waals surface area (Å²) in [6.07, 6.45) is 0. The molecule has 0 aliphatic heterocycles. The lowest BCUT2D eigenvalue weighted by Gasteiger charge is -2.38. The molecule has 0 heteroatoms. The molecule has 0 aromatic heterocycles. The summed E-state index contributed by atoms with van der Waals surface area (Å²) >= 11 is 0. The van der Waals surface area contributed by atoms with E-state index < -0.39 is 0 Å². The molecular formula is C14H20. The van der Waals surface area contributed by atoms with Crippen LogP contribution in [0.3, 0.4) is 0 Å². The average molecular weight is 188 g/mol. The molecule has 1 aromatic carbocycles. The second kappa shape index (κ2) is 3.42. The topological polar surface area (TPSA) is 0 Å². The molecule has 0 radical (unpaired) electrons. The highest BCUT2D eigenvalue weighted by Gasteiger charge is 2.32. The van der Waals surface area contributed by atoms with E-state index in [4.69, 9.17) is 0 Å². The minimum absolute atomic E-state index is 0.750. The summed E-state index contributed by atoms with van der Waals surface area (Å²) in [5.41, 5.74) is 3.07. The third-order valence-electron chi connectivity index (χ3n) is 3.53. The zero-order valence-electron chi connectivity index (χ0n) is 9.62. The van der Waals surface area contributed by atoms with Gasteiger partial charge in [0.25, 0.3) is 0 Å². The third kappa shape index (κ3) is 1.37. The second-order valence-electron chi connectivity index (χ2n) is 5.21. The molecule has 2 aliphatic carbocycles. The van der Waals surface area contributed by atoms with E-state index >= 15 is 0 Å². The van der Waals surface area contributed by atoms with Gasteiger partial charge in [-0.15, -0.1) is 0 Å². The Balaban J connectivity index is 2.43. The molecule has 1 aromatic rings. The predicted molar refractivity (Wildman–Crippen MR) is 61.6 cm³/mol. The first-order valence-electron chi connectivity index (χ1n) is 5.71. The molecule has 0 nitrogen and oxygen atoms in total. The molecule has 2 bridgehead atoms. The smallest absolute Gasteiger partial charge is 0.00676 e. The van der Waals surface area contributed by atoms with E-state index in [0.29, 0.717) is 0 Å². The fourth-order valence-corrected chi connectivity index (χ4v) is 2.95. The Morgan fingerprint density at radius 2 is 1.00 bits per heavy atom. The van der Waals surface area contributed by atoms with Crippen LogP contribution < -0.4 is 0 Å². The lowest BCUT2D eigenvalue weighted by Crippen LogP contribution is -2.24. The van der Waals surface area contributed by atoms with E-state index in [0.717, 1.165) is 23.7 Å². The number of hydrogen-bond acceptors (Lipinski definition) is 0. The van der Waals surface area contributed by atoms with Crippen LogP contribution in [0.25, 0.3) is 0 Å². The fraction of sp³-hybridized carbons (Fsp3) is 0.571. The monoisotopic (exact) mass is 188 g/mol. The SMILES string of the molecule is CC(C)C1c2ccc(cc2)C1C(C)C. The van der Waals surface area contributed by atoms with E-state index in [2.05, 4.69) is 52.0 Å². The lowest BCUT2D eigenvalue weighted by atomic mass is 9.67. The summed E-state index contributed by atoms with van der Waals surface area (Å²) in [5.74, 6) is 3.00. The summed E-state index contributed by atoms with van der Waals surface area (Å²) in [7, 11) is 0. The summed E-state index contributed by atoms with van der Waals surface area (Å²) < 4.78 is 0. The maximum Gasteiger partial charge on any atom is -0.00676 e. The lowest BCUT2D eigenvalue weighted by molar-refractivity contribution is 0.339. The van der Waals surface area contributed by atoms with Gasteiger partial charge in [0.1, 0.15) is 0 Å². The predicted octanol–water partition coefficient (Wildman–Crippen LogP) is 4.18. The molecule has 0 saturated heterocycles. The molecule has 2 unspecified atom stereocenters. The quantitative estimate of drug-likeness (QED) is 0.653. The molecule has 2 aliphatic rings. The van der Waals surface area contributed by atoms with Crippen molar-refractivity contribution in [1.82, 2.24) is 0 Å². The van der Waals surface area contributed by atoms with Crippen molar-refractivity contribution in [2.45, 2.75) is 39.5 Å². The van der Waals surface area contributed by atoms with Crippen LogP contribution in [0.4, 0.5) is 0 Å². The highest BCUT2D eigenvalue weighted by atomic mass is 14.4. The number of fused-ring (bicyclic) bond motifs is 3. The van der Waals surface area contributed by atoms with Gasteiger partial charge in [0.15, 0.2) is 0 Å². The summed E-state index contributed by atoms with van der Waals surface area (Å²) in [4.78, 5) is 0. The van der Waals surface area contributed by atoms with Crippen molar-refractivity contribution in [1.29, 1.82) is 0 Å². The van der Waals surface area contributed by atoms with E-state index in [1.165, 1.54) is 11.1 Å². The molecular weight excluding hydrogens is 168 g/mol. The minimum Gasteiger partial charge on any atom is -0.0622 e. The summed E-state index contributed by atoms with van der Waals surface area (Å²) in [6, 6.07) is 9.22. The van der Waals surface area contributed by atoms with Crippen LogP contribution in [0.15, 0.2) is 24.3 Å². The van der Waals surface area contributed by atoms with Crippen molar-refractivity contribution in [2.75, 3.05) is 0 Å². The average Bonchev–Trinajstić information content (AvgIpc) is 2.17. The summed E-state index contributed by atoms with van der Waals surface area (Å²) in [5, 5.41) is 0. The van der Waals surface area contributed by atoms with Gasteiger partial charge in [0.05, 0.1) is 0 Å². The van der Waals surface area contributed by atoms with Crippen molar-refractivity contribution in [3.8, 4) is 0 Å². The molecule has 76 valence electrons. The van der Waals surface area contributed by atoms with Crippen LogP contribution in [0.5, 0.6) is 0 Å². The van der Waals surface area contributed by atoms with Gasteiger partial charge in [-0.2, -0.15) is 0 Å².